The Balaban J connectivity index is 0.666. The molecule has 6 aromatic rings. The van der Waals surface area contributed by atoms with Crippen molar-refractivity contribution in [3.63, 3.8) is 0 Å². The molecule has 0 spiro atoms. The van der Waals surface area contributed by atoms with Crippen molar-refractivity contribution in [1.82, 2.24) is 20.8 Å². The Morgan fingerprint density at radius 1 is 0.426 bits per heavy atom. The molecule has 0 saturated heterocycles. The number of sulfonamides is 2. The number of nitrogens with one attached hydrogen (secondary N) is 7. The van der Waals surface area contributed by atoms with Crippen molar-refractivity contribution in [3.05, 3.63) is 155 Å². The highest BCUT2D eigenvalue weighted by molar-refractivity contribution is 7.93. The number of hydrogen-bond acceptors (Lipinski definition) is 26. The van der Waals surface area contributed by atoms with Crippen molar-refractivity contribution < 1.29 is 112 Å². The first-order chi connectivity index (χ1) is 59.0. The lowest BCUT2D eigenvalue weighted by molar-refractivity contribution is -0.684. The molecule has 2 atom stereocenters. The highest BCUT2D eigenvalue weighted by Gasteiger charge is 2.28. The van der Waals surface area contributed by atoms with E-state index in [1.165, 1.54) is 6.07 Å². The molecule has 35 heteroatoms. The van der Waals surface area contributed by atoms with Gasteiger partial charge in [-0.1, -0.05) is 58.0 Å². The van der Waals surface area contributed by atoms with Crippen LogP contribution in [0.2, 0.25) is 0 Å². The van der Waals surface area contributed by atoms with Crippen LogP contribution in [0, 0.1) is 39.5 Å². The number of rotatable bonds is 71. The van der Waals surface area contributed by atoms with Gasteiger partial charge in [-0.2, -0.15) is 9.63 Å². The average Bonchev–Trinajstić information content (AvgIpc) is 0.780. The Morgan fingerprint density at radius 3 is 1.21 bits per heavy atom. The number of anilines is 5. The third kappa shape index (κ3) is 40.5. The number of ether oxygens (including phenoxy) is 14. The van der Waals surface area contributed by atoms with Crippen LogP contribution in [0.4, 0.5) is 28.4 Å². The summed E-state index contributed by atoms with van der Waals surface area (Å²) < 4.78 is 141. The molecule has 0 radical (unpaired) electrons. The minimum atomic E-state index is -4.07. The van der Waals surface area contributed by atoms with E-state index >= 15 is 0 Å². The van der Waals surface area contributed by atoms with E-state index in [0.29, 0.717) is 280 Å². The third-order valence-electron chi connectivity index (χ3n) is 18.6. The molecule has 0 aliphatic heterocycles. The van der Waals surface area contributed by atoms with Gasteiger partial charge in [0.1, 0.15) is 5.56 Å². The summed E-state index contributed by atoms with van der Waals surface area (Å²) in [6, 6.07) is 30.8. The normalized spacial score (nSPS) is 12.2. The third-order valence-corrected chi connectivity index (χ3v) is 21.7. The minimum Gasteiger partial charge on any atom is -0.378 e. The standard InChI is InChI=1S/C87H130N10O23S2/c1-67(2)59-71(7)96(87(101)77-15-12-28-95(62-77)63-84(100)90-86-70(6)17-27-83(74(86)10)122(104,105)94-81-24-20-79(21-25-81)92-89-66-99)29-31-106-33-35-108-37-39-110-41-43-112-45-47-114-49-51-116-53-55-118-57-58-119-56-54-117-52-50-115-48-46-113-44-42-111-40-38-109-36-34-107-32-30-97(72(8)60-68(3)4)120-64-75-13-11-14-76(61-75)85-69(5)16-26-82(73(85)9)121(102,103)93-80-22-18-78(19-23-80)91-88-65-98/h11-28,61-62,65-68,71-72,91-94H,29-60,63-64H2,1-10H3,(H2-,88,89,90,98,99,100)/p+1. The number of pyridine rings is 1. The zero-order chi connectivity index (χ0) is 88.0. The SMILES string of the molecule is Cc1ccc(S(=O)(=O)Nc2ccc(NNC=O)cc2)c(C)c1NC(=O)C[n+]1cccc(C(=O)N(CCOCCOCCOCCOCCOCCOCCOCCOCCOCCOCCOCCOCCOCCOCCN(OCc2cccc(-c3c(C)ccc(S(=O)(=O)Nc4ccc(NNC=O)cc4)c3C)c2)C(C)CC(C)C)C(C)CC(C)C)c1. The van der Waals surface area contributed by atoms with Gasteiger partial charge >= 0.3 is 0 Å². The van der Waals surface area contributed by atoms with Crippen molar-refractivity contribution in [2.24, 2.45) is 11.8 Å². The number of hydrogen-bond donors (Lipinski definition) is 7. The molecule has 1 heterocycles. The fourth-order valence-corrected chi connectivity index (χ4v) is 15.4. The van der Waals surface area contributed by atoms with Gasteiger partial charge < -0.3 is 76.5 Å². The smallest absolute Gasteiger partial charge is 0.290 e. The lowest BCUT2D eigenvalue weighted by Crippen LogP contribution is -2.44. The Bertz CT molecular complexity index is 4200. The number of amides is 4. The molecule has 33 nitrogen and oxygen atoms in total. The first-order valence-corrected chi connectivity index (χ1v) is 44.5. The molecular weight excluding hydrogens is 1620 g/mol. The van der Waals surface area contributed by atoms with Crippen LogP contribution in [0.15, 0.2) is 131 Å². The highest BCUT2D eigenvalue weighted by atomic mass is 32.2. The van der Waals surface area contributed by atoms with E-state index in [1.54, 1.807) is 109 Å². The van der Waals surface area contributed by atoms with Crippen LogP contribution in [-0.2, 0) is 119 Å². The summed E-state index contributed by atoms with van der Waals surface area (Å²) in [5.41, 5.74) is 17.9. The van der Waals surface area contributed by atoms with Gasteiger partial charge in [-0.05, 0) is 178 Å². The van der Waals surface area contributed by atoms with Crippen molar-refractivity contribution in [3.8, 4) is 11.1 Å². The van der Waals surface area contributed by atoms with E-state index in [9.17, 15) is 36.0 Å². The first kappa shape index (κ1) is 102. The number of hydroxylamine groups is 2. The number of nitrogens with zero attached hydrogens (tertiary/aromatic N) is 3. The van der Waals surface area contributed by atoms with Gasteiger partial charge in [0.15, 0.2) is 12.4 Å². The van der Waals surface area contributed by atoms with Gasteiger partial charge in [0.2, 0.25) is 19.4 Å². The van der Waals surface area contributed by atoms with Crippen LogP contribution in [0.5, 0.6) is 0 Å². The number of carbonyl (C=O) groups excluding carboxylic acids is 4. The first-order valence-electron chi connectivity index (χ1n) is 41.5. The second-order valence-electron chi connectivity index (χ2n) is 29.4. The van der Waals surface area contributed by atoms with Crippen LogP contribution < -0.4 is 41.0 Å². The quantitative estimate of drug-likeness (QED) is 0.00809. The average molecular weight is 1750 g/mol. The van der Waals surface area contributed by atoms with Gasteiger partial charge in [0.25, 0.3) is 31.9 Å². The van der Waals surface area contributed by atoms with Crippen LogP contribution >= 0.6 is 0 Å². The van der Waals surface area contributed by atoms with E-state index in [1.807, 2.05) is 56.2 Å². The summed E-state index contributed by atoms with van der Waals surface area (Å²) >= 11 is 0. The molecule has 0 saturated carbocycles. The molecule has 1 aromatic heterocycles. The Kier molecular flexibility index (Phi) is 49.9. The van der Waals surface area contributed by atoms with Crippen LogP contribution in [0.25, 0.3) is 11.1 Å². The molecule has 5 aromatic carbocycles. The maximum Gasteiger partial charge on any atom is 0.290 e. The van der Waals surface area contributed by atoms with Gasteiger partial charge in [-0.15, -0.1) is 0 Å². The maximum absolute atomic E-state index is 14.1. The number of hydrazine groups is 2. The molecule has 122 heavy (non-hydrogen) atoms. The van der Waals surface area contributed by atoms with Crippen molar-refractivity contribution in [2.75, 3.05) is 224 Å². The molecule has 2 unspecified atom stereocenters. The monoisotopic (exact) mass is 1750 g/mol. The van der Waals surface area contributed by atoms with Crippen molar-refractivity contribution in [2.45, 2.75) is 117 Å². The highest BCUT2D eigenvalue weighted by Crippen LogP contribution is 2.34. The van der Waals surface area contributed by atoms with Gasteiger partial charge in [-0.3, -0.25) is 55.2 Å². The van der Waals surface area contributed by atoms with Crippen LogP contribution in [0.3, 0.4) is 0 Å². The molecule has 0 aliphatic carbocycles. The Labute approximate surface area is 720 Å². The van der Waals surface area contributed by atoms with E-state index < -0.39 is 26.0 Å². The van der Waals surface area contributed by atoms with Crippen LogP contribution in [0.1, 0.15) is 92.6 Å². The predicted octanol–water partition coefficient (Wildman–Crippen LogP) is 9.24. The van der Waals surface area contributed by atoms with Gasteiger partial charge in [0.05, 0.1) is 213 Å². The second-order valence-corrected chi connectivity index (χ2v) is 32.7. The second kappa shape index (κ2) is 59.4. The van der Waals surface area contributed by atoms with Gasteiger partial charge in [-0.25, -0.2) is 16.8 Å². The molecular formula is C87H131N10O23S2+. The minimum absolute atomic E-state index is 0.0121. The molecule has 7 N–H and O–H groups in total. The molecule has 0 bridgehead atoms. The van der Waals surface area contributed by atoms with Gasteiger partial charge in [0, 0.05) is 48.3 Å². The zero-order valence-corrected chi connectivity index (χ0v) is 74.2. The largest absolute Gasteiger partial charge is 0.378 e. The molecule has 4 amide bonds. The van der Waals surface area contributed by atoms with Crippen LogP contribution in [-0.4, -0.2) is 262 Å². The number of carbonyl (C=O) groups is 4. The van der Waals surface area contributed by atoms with E-state index in [-0.39, 0.29) is 34.3 Å². The topological polar surface area (TPSA) is 370 Å². The Hall–Kier alpha value is -8.41. The Morgan fingerprint density at radius 2 is 0.803 bits per heavy atom. The van der Waals surface area contributed by atoms with E-state index in [4.69, 9.17) is 71.2 Å². The lowest BCUT2D eigenvalue weighted by atomic mass is 9.95. The number of aryl methyl sites for hydroxylation is 2. The predicted molar refractivity (Wildman–Crippen MR) is 465 cm³/mol. The van der Waals surface area contributed by atoms with Crippen molar-refractivity contribution in [1.29, 1.82) is 0 Å². The summed E-state index contributed by atoms with van der Waals surface area (Å²) in [5, 5.41) is 4.87. The molecule has 678 valence electrons. The molecule has 0 fully saturated rings. The lowest BCUT2D eigenvalue weighted by Gasteiger charge is -2.30. The summed E-state index contributed by atoms with van der Waals surface area (Å²) in [7, 11) is -8.01. The summed E-state index contributed by atoms with van der Waals surface area (Å²) in [6.07, 6.45) is 6.02. The number of benzene rings is 5. The summed E-state index contributed by atoms with van der Waals surface area (Å²) in [6.45, 7) is 32.9. The fraction of sp³-hybridized carbons (Fsp3) is 0.552. The molecule has 6 rings (SSSR count). The van der Waals surface area contributed by atoms with E-state index in [2.05, 4.69) is 71.1 Å². The summed E-state index contributed by atoms with van der Waals surface area (Å²) in [4.78, 5) is 57.3. The maximum atomic E-state index is 14.1. The van der Waals surface area contributed by atoms with Crippen molar-refractivity contribution >= 4 is 73.1 Å². The fourth-order valence-electron chi connectivity index (χ4n) is 12.8. The number of aromatic nitrogens is 1. The van der Waals surface area contributed by atoms with E-state index in [0.717, 1.165) is 35.1 Å². The zero-order valence-electron chi connectivity index (χ0n) is 72.6. The summed E-state index contributed by atoms with van der Waals surface area (Å²) in [5.74, 6) is 0.181. The molecule has 0 aliphatic rings.